The second-order valence-electron chi connectivity index (χ2n) is 5.19. The number of morpholine rings is 1. The Morgan fingerprint density at radius 2 is 2.14 bits per heavy atom. The Morgan fingerprint density at radius 3 is 2.86 bits per heavy atom. The highest BCUT2D eigenvalue weighted by Crippen LogP contribution is 2.26. The number of urea groups is 1. The average molecular weight is 322 g/mol. The van der Waals surface area contributed by atoms with Crippen LogP contribution in [0.25, 0.3) is 0 Å². The summed E-state index contributed by atoms with van der Waals surface area (Å²) in [5.41, 5.74) is 2.30. The fourth-order valence-corrected chi connectivity index (χ4v) is 3.81. The molecular weight excluding hydrogens is 304 g/mol. The van der Waals surface area contributed by atoms with Crippen LogP contribution in [0.5, 0.6) is 0 Å². The summed E-state index contributed by atoms with van der Waals surface area (Å²) in [7, 11) is 0. The van der Waals surface area contributed by atoms with E-state index in [1.54, 1.807) is 22.7 Å². The van der Waals surface area contributed by atoms with E-state index < -0.39 is 0 Å². The van der Waals surface area contributed by atoms with Crippen molar-refractivity contribution in [1.82, 2.24) is 10.2 Å². The number of hydrogen-bond donors (Lipinski definition) is 1. The first-order valence-electron chi connectivity index (χ1n) is 6.94. The number of amides is 2. The average Bonchev–Trinajstić information content (AvgIpc) is 3.17. The van der Waals surface area contributed by atoms with Crippen LogP contribution in [0.4, 0.5) is 4.79 Å². The number of thiophene rings is 2. The van der Waals surface area contributed by atoms with Gasteiger partial charge in [-0.25, -0.2) is 4.79 Å². The maximum Gasteiger partial charge on any atom is 0.317 e. The van der Waals surface area contributed by atoms with Crippen LogP contribution in [0.2, 0.25) is 0 Å². The first-order valence-corrected chi connectivity index (χ1v) is 8.82. The summed E-state index contributed by atoms with van der Waals surface area (Å²) in [5, 5.41) is 11.2. The molecule has 1 N–H and O–H groups in total. The van der Waals surface area contributed by atoms with Gasteiger partial charge in [-0.2, -0.15) is 22.7 Å². The normalized spacial score (nSPS) is 22.2. The molecule has 0 spiro atoms. The molecule has 0 saturated carbocycles. The molecule has 2 atom stereocenters. The van der Waals surface area contributed by atoms with Crippen LogP contribution in [0.3, 0.4) is 0 Å². The molecular formula is C15H18N2O2S2. The Hall–Kier alpha value is -1.37. The minimum atomic E-state index is -0.0214. The third kappa shape index (κ3) is 3.64. The lowest BCUT2D eigenvalue weighted by molar-refractivity contribution is -0.0655. The molecule has 0 radical (unpaired) electrons. The van der Waals surface area contributed by atoms with E-state index in [9.17, 15) is 4.79 Å². The third-order valence-corrected chi connectivity index (χ3v) is 4.92. The number of nitrogens with zero attached hydrogens (tertiary/aromatic N) is 1. The molecule has 2 amide bonds. The summed E-state index contributed by atoms with van der Waals surface area (Å²) in [6.07, 6.45) is 0.0300. The highest BCUT2D eigenvalue weighted by atomic mass is 32.1. The van der Waals surface area contributed by atoms with Gasteiger partial charge in [0.25, 0.3) is 0 Å². The van der Waals surface area contributed by atoms with Crippen molar-refractivity contribution in [2.75, 3.05) is 13.1 Å². The van der Waals surface area contributed by atoms with Gasteiger partial charge >= 0.3 is 6.03 Å². The number of rotatable bonds is 3. The lowest BCUT2D eigenvalue weighted by Crippen LogP contribution is -2.49. The fraction of sp³-hybridized carbons (Fsp3) is 0.400. The summed E-state index contributed by atoms with van der Waals surface area (Å²) in [5.74, 6) is 0. The predicted molar refractivity (Wildman–Crippen MR) is 85.7 cm³/mol. The van der Waals surface area contributed by atoms with Crippen LogP contribution in [-0.2, 0) is 11.3 Å². The summed E-state index contributed by atoms with van der Waals surface area (Å²) in [6.45, 7) is 3.83. The third-order valence-electron chi connectivity index (χ3n) is 3.49. The second kappa shape index (κ2) is 6.60. The Kier molecular flexibility index (Phi) is 4.57. The maximum absolute atomic E-state index is 12.3. The number of hydrogen-bond acceptors (Lipinski definition) is 4. The summed E-state index contributed by atoms with van der Waals surface area (Å²) >= 11 is 3.30. The van der Waals surface area contributed by atoms with E-state index >= 15 is 0 Å². The molecule has 1 fully saturated rings. The van der Waals surface area contributed by atoms with Gasteiger partial charge in [0.15, 0.2) is 0 Å². The highest BCUT2D eigenvalue weighted by molar-refractivity contribution is 7.08. The zero-order valence-corrected chi connectivity index (χ0v) is 13.5. The number of carbonyl (C=O) groups excluding carboxylic acids is 1. The lowest BCUT2D eigenvalue weighted by atomic mass is 10.1. The molecule has 2 aromatic rings. The zero-order valence-electron chi connectivity index (χ0n) is 11.8. The fourth-order valence-electron chi connectivity index (χ4n) is 2.44. The quantitative estimate of drug-likeness (QED) is 0.940. The van der Waals surface area contributed by atoms with Crippen LogP contribution in [0.15, 0.2) is 33.7 Å². The molecule has 1 saturated heterocycles. The molecule has 6 heteroatoms. The molecule has 0 bridgehead atoms. The van der Waals surface area contributed by atoms with Gasteiger partial charge < -0.3 is 15.0 Å². The SMILES string of the molecule is C[C@@H]1CN(C(=O)NCc2ccsc2)C[C@@H](c2ccsc2)O1. The molecule has 4 nitrogen and oxygen atoms in total. The number of ether oxygens (including phenoxy) is 1. The Balaban J connectivity index is 1.60. The number of carbonyl (C=O) groups is 1. The van der Waals surface area contributed by atoms with Crippen molar-refractivity contribution in [3.63, 3.8) is 0 Å². The maximum atomic E-state index is 12.3. The predicted octanol–water partition coefficient (Wildman–Crippen LogP) is 3.48. The summed E-state index contributed by atoms with van der Waals surface area (Å²) < 4.78 is 5.95. The van der Waals surface area contributed by atoms with E-state index in [1.807, 2.05) is 28.7 Å². The van der Waals surface area contributed by atoms with Gasteiger partial charge in [0.05, 0.1) is 12.6 Å². The molecule has 21 heavy (non-hydrogen) atoms. The Labute approximate surface area is 132 Å². The van der Waals surface area contributed by atoms with Crippen molar-refractivity contribution in [1.29, 1.82) is 0 Å². The Bertz CT molecular complexity index is 569. The van der Waals surface area contributed by atoms with E-state index in [-0.39, 0.29) is 18.2 Å². The van der Waals surface area contributed by atoms with Crippen LogP contribution < -0.4 is 5.32 Å². The van der Waals surface area contributed by atoms with Crippen molar-refractivity contribution in [2.45, 2.75) is 25.7 Å². The van der Waals surface area contributed by atoms with Crippen LogP contribution in [0.1, 0.15) is 24.2 Å². The largest absolute Gasteiger partial charge is 0.367 e. The molecule has 0 aromatic carbocycles. The molecule has 112 valence electrons. The lowest BCUT2D eigenvalue weighted by Gasteiger charge is -2.36. The standard InChI is InChI=1S/C15H18N2O2S2/c1-11-7-17(8-14(19-11)13-3-5-21-10-13)15(18)16-6-12-2-4-20-9-12/h2-5,9-11,14H,6-8H2,1H3,(H,16,18)/t11-,14+/m1/s1. The first-order chi connectivity index (χ1) is 10.2. The van der Waals surface area contributed by atoms with Crippen molar-refractivity contribution in [3.05, 3.63) is 44.8 Å². The molecule has 1 aliphatic rings. The van der Waals surface area contributed by atoms with Gasteiger partial charge in [-0.3, -0.25) is 0 Å². The molecule has 1 aliphatic heterocycles. The van der Waals surface area contributed by atoms with Gasteiger partial charge in [-0.05, 0) is 51.7 Å². The van der Waals surface area contributed by atoms with Crippen LogP contribution >= 0.6 is 22.7 Å². The van der Waals surface area contributed by atoms with Crippen molar-refractivity contribution in [2.24, 2.45) is 0 Å². The minimum Gasteiger partial charge on any atom is -0.367 e. The second-order valence-corrected chi connectivity index (χ2v) is 6.75. The van der Waals surface area contributed by atoms with E-state index in [4.69, 9.17) is 4.74 Å². The Morgan fingerprint density at radius 1 is 1.33 bits per heavy atom. The first kappa shape index (κ1) is 14.6. The topological polar surface area (TPSA) is 41.6 Å². The van der Waals surface area contributed by atoms with Crippen molar-refractivity contribution < 1.29 is 9.53 Å². The monoisotopic (exact) mass is 322 g/mol. The molecule has 2 aromatic heterocycles. The van der Waals surface area contributed by atoms with Gasteiger partial charge in [0.1, 0.15) is 6.10 Å². The summed E-state index contributed by atoms with van der Waals surface area (Å²) in [6, 6.07) is 4.08. The number of nitrogens with one attached hydrogen (secondary N) is 1. The highest BCUT2D eigenvalue weighted by Gasteiger charge is 2.29. The van der Waals surface area contributed by atoms with Crippen molar-refractivity contribution in [3.8, 4) is 0 Å². The minimum absolute atomic E-state index is 0.0171. The molecule has 0 aliphatic carbocycles. The van der Waals surface area contributed by atoms with Gasteiger partial charge in [-0.1, -0.05) is 0 Å². The van der Waals surface area contributed by atoms with E-state index in [2.05, 4.69) is 22.1 Å². The molecule has 3 rings (SSSR count). The molecule has 0 unspecified atom stereocenters. The van der Waals surface area contributed by atoms with Gasteiger partial charge in [0, 0.05) is 13.1 Å². The van der Waals surface area contributed by atoms with Crippen LogP contribution in [0, 0.1) is 0 Å². The van der Waals surface area contributed by atoms with Gasteiger partial charge in [-0.15, -0.1) is 0 Å². The van der Waals surface area contributed by atoms with E-state index in [0.29, 0.717) is 19.6 Å². The molecule has 3 heterocycles. The van der Waals surface area contributed by atoms with E-state index in [0.717, 1.165) is 11.1 Å². The smallest absolute Gasteiger partial charge is 0.317 e. The van der Waals surface area contributed by atoms with E-state index in [1.165, 1.54) is 0 Å². The van der Waals surface area contributed by atoms with Gasteiger partial charge in [0.2, 0.25) is 0 Å². The van der Waals surface area contributed by atoms with Crippen LogP contribution in [-0.4, -0.2) is 30.1 Å². The van der Waals surface area contributed by atoms with Crippen molar-refractivity contribution >= 4 is 28.7 Å². The summed E-state index contributed by atoms with van der Waals surface area (Å²) in [4.78, 5) is 14.2. The zero-order chi connectivity index (χ0) is 14.7.